The van der Waals surface area contributed by atoms with E-state index in [1.54, 1.807) is 13.0 Å². The summed E-state index contributed by atoms with van der Waals surface area (Å²) in [6.07, 6.45) is 1.82. The van der Waals surface area contributed by atoms with Gasteiger partial charge in [-0.25, -0.2) is 0 Å². The summed E-state index contributed by atoms with van der Waals surface area (Å²) in [6.45, 7) is 1.74. The maximum Gasteiger partial charge on any atom is 0.249 e. The molecule has 0 saturated heterocycles. The summed E-state index contributed by atoms with van der Waals surface area (Å²) in [6, 6.07) is 11.2. The van der Waals surface area contributed by atoms with Crippen molar-refractivity contribution >= 4 is 22.0 Å². The van der Waals surface area contributed by atoms with Gasteiger partial charge in [-0.2, -0.15) is 0 Å². The smallest absolute Gasteiger partial charge is 0.249 e. The quantitative estimate of drug-likeness (QED) is 0.603. The molecule has 0 aliphatic heterocycles. The maximum atomic E-state index is 10.7. The van der Waals surface area contributed by atoms with Crippen molar-refractivity contribution in [2.24, 2.45) is 0 Å². The minimum absolute atomic E-state index is 0.136. The highest BCUT2D eigenvalue weighted by Crippen LogP contribution is 2.25. The van der Waals surface area contributed by atoms with Gasteiger partial charge < -0.3 is 4.42 Å². The van der Waals surface area contributed by atoms with Gasteiger partial charge in [0.1, 0.15) is 11.5 Å². The van der Waals surface area contributed by atoms with Gasteiger partial charge in [-0.3, -0.25) is 10.1 Å². The zero-order chi connectivity index (χ0) is 13.8. The Labute approximate surface area is 119 Å². The third kappa shape index (κ3) is 3.32. The molecule has 0 aliphatic carbocycles. The Hall–Kier alpha value is -1.88. The molecule has 0 saturated carbocycles. The number of benzene rings is 1. The summed E-state index contributed by atoms with van der Waals surface area (Å²) in [5.74, 6) is 1.18. The lowest BCUT2D eigenvalue weighted by molar-refractivity contribution is -0.425. The summed E-state index contributed by atoms with van der Waals surface area (Å²) in [5, 5.41) is 10.7. The molecule has 0 N–H and O–H groups in total. The second kappa shape index (κ2) is 5.84. The first-order valence-corrected chi connectivity index (χ1v) is 6.60. The minimum atomic E-state index is -0.387. The fraction of sp³-hybridized carbons (Fsp3) is 0.143. The molecule has 0 atom stereocenters. The summed E-state index contributed by atoms with van der Waals surface area (Å²) in [5.41, 5.74) is 1.07. The molecular weight excluding hydrogens is 310 g/mol. The first-order chi connectivity index (χ1) is 9.10. The summed E-state index contributed by atoms with van der Waals surface area (Å²) in [4.78, 5) is 10.4. The van der Waals surface area contributed by atoms with Crippen LogP contribution in [0.5, 0.6) is 0 Å². The molecule has 1 heterocycles. The normalized spacial score (nSPS) is 11.6. The molecule has 4 nitrogen and oxygen atoms in total. The molecule has 0 fully saturated rings. The molecule has 98 valence electrons. The van der Waals surface area contributed by atoms with Crippen molar-refractivity contribution in [3.63, 3.8) is 0 Å². The van der Waals surface area contributed by atoms with Crippen molar-refractivity contribution in [3.05, 3.63) is 62.4 Å². The van der Waals surface area contributed by atoms with Gasteiger partial charge in [0.15, 0.2) is 0 Å². The summed E-state index contributed by atoms with van der Waals surface area (Å²) in [7, 11) is 0. The highest BCUT2D eigenvalue weighted by Gasteiger charge is 2.10. The Morgan fingerprint density at radius 1 is 1.32 bits per heavy atom. The number of halogens is 1. The SMILES string of the molecule is CC/C(=C\c1ccc(-c2ccc(Br)cc2)o1)[N+](=O)[O-]. The van der Waals surface area contributed by atoms with E-state index >= 15 is 0 Å². The van der Waals surface area contributed by atoms with Crippen LogP contribution >= 0.6 is 15.9 Å². The van der Waals surface area contributed by atoms with E-state index in [0.29, 0.717) is 17.9 Å². The van der Waals surface area contributed by atoms with Gasteiger partial charge >= 0.3 is 0 Å². The highest BCUT2D eigenvalue weighted by atomic mass is 79.9. The molecule has 0 unspecified atom stereocenters. The van der Waals surface area contributed by atoms with Crippen LogP contribution in [-0.4, -0.2) is 4.92 Å². The third-order valence-electron chi connectivity index (χ3n) is 2.66. The molecule has 19 heavy (non-hydrogen) atoms. The second-order valence-corrected chi connectivity index (χ2v) is 4.87. The Kier molecular flexibility index (Phi) is 4.16. The fourth-order valence-corrected chi connectivity index (χ4v) is 1.91. The molecule has 0 spiro atoms. The molecule has 2 aromatic rings. The van der Waals surface area contributed by atoms with Gasteiger partial charge in [-0.1, -0.05) is 35.0 Å². The van der Waals surface area contributed by atoms with Crippen LogP contribution in [-0.2, 0) is 0 Å². The Bertz CT molecular complexity index is 614. The van der Waals surface area contributed by atoms with E-state index in [1.807, 2.05) is 30.3 Å². The van der Waals surface area contributed by atoms with Gasteiger partial charge in [0.05, 0.1) is 11.0 Å². The fourth-order valence-electron chi connectivity index (χ4n) is 1.65. The lowest BCUT2D eigenvalue weighted by atomic mass is 10.2. The van der Waals surface area contributed by atoms with Gasteiger partial charge in [-0.15, -0.1) is 0 Å². The van der Waals surface area contributed by atoms with E-state index in [4.69, 9.17) is 4.42 Å². The Morgan fingerprint density at radius 2 is 2.00 bits per heavy atom. The van der Waals surface area contributed by atoms with Gasteiger partial charge in [0, 0.05) is 16.5 Å². The molecule has 1 aromatic heterocycles. The van der Waals surface area contributed by atoms with Crippen molar-refractivity contribution in [1.29, 1.82) is 0 Å². The average molecular weight is 322 g/mol. The van der Waals surface area contributed by atoms with Crippen LogP contribution in [0.4, 0.5) is 0 Å². The Balaban J connectivity index is 2.29. The topological polar surface area (TPSA) is 56.3 Å². The zero-order valence-corrected chi connectivity index (χ0v) is 11.9. The van der Waals surface area contributed by atoms with E-state index in [9.17, 15) is 10.1 Å². The number of furan rings is 1. The van der Waals surface area contributed by atoms with Gasteiger partial charge in [-0.05, 0) is 24.3 Å². The number of allylic oxidation sites excluding steroid dienone is 1. The van der Waals surface area contributed by atoms with Gasteiger partial charge in [0.25, 0.3) is 0 Å². The molecule has 0 bridgehead atoms. The van der Waals surface area contributed by atoms with E-state index < -0.39 is 0 Å². The second-order valence-electron chi connectivity index (χ2n) is 3.96. The van der Waals surface area contributed by atoms with Crippen LogP contribution in [0.3, 0.4) is 0 Å². The highest BCUT2D eigenvalue weighted by molar-refractivity contribution is 9.10. The van der Waals surface area contributed by atoms with Crippen molar-refractivity contribution < 1.29 is 9.34 Å². The van der Waals surface area contributed by atoms with Crippen LogP contribution in [0, 0.1) is 10.1 Å². The average Bonchev–Trinajstić information content (AvgIpc) is 2.85. The van der Waals surface area contributed by atoms with Crippen LogP contribution in [0.2, 0.25) is 0 Å². The van der Waals surface area contributed by atoms with Crippen LogP contribution < -0.4 is 0 Å². The molecule has 1 aromatic carbocycles. The number of rotatable bonds is 4. The lowest BCUT2D eigenvalue weighted by Gasteiger charge is -1.96. The first kappa shape index (κ1) is 13.5. The number of nitro groups is 1. The van der Waals surface area contributed by atoms with Crippen molar-refractivity contribution in [2.75, 3.05) is 0 Å². The molecule has 5 heteroatoms. The number of hydrogen-bond acceptors (Lipinski definition) is 3. The summed E-state index contributed by atoms with van der Waals surface area (Å²) < 4.78 is 6.59. The van der Waals surface area contributed by atoms with Crippen molar-refractivity contribution in [2.45, 2.75) is 13.3 Å². The monoisotopic (exact) mass is 321 g/mol. The number of hydrogen-bond donors (Lipinski definition) is 0. The third-order valence-corrected chi connectivity index (χ3v) is 3.19. The van der Waals surface area contributed by atoms with Crippen LogP contribution in [0.15, 0.2) is 51.0 Å². The first-order valence-electron chi connectivity index (χ1n) is 5.81. The predicted molar refractivity (Wildman–Crippen MR) is 77.1 cm³/mol. The van der Waals surface area contributed by atoms with Crippen LogP contribution in [0.25, 0.3) is 17.4 Å². The predicted octanol–water partition coefficient (Wildman–Crippen LogP) is 4.74. The van der Waals surface area contributed by atoms with E-state index in [0.717, 1.165) is 10.0 Å². The lowest BCUT2D eigenvalue weighted by Crippen LogP contribution is -1.95. The largest absolute Gasteiger partial charge is 0.456 e. The van der Waals surface area contributed by atoms with Crippen molar-refractivity contribution in [3.8, 4) is 11.3 Å². The Morgan fingerprint density at radius 3 is 2.58 bits per heavy atom. The van der Waals surface area contributed by atoms with Gasteiger partial charge in [0.2, 0.25) is 5.70 Å². The standard InChI is InChI=1S/C14H12BrNO3/c1-2-12(16(17)18)9-13-7-8-14(19-13)10-3-5-11(15)6-4-10/h3-9H,2H2,1H3/b12-9+. The van der Waals surface area contributed by atoms with E-state index in [2.05, 4.69) is 15.9 Å². The van der Waals surface area contributed by atoms with E-state index in [1.165, 1.54) is 6.08 Å². The molecular formula is C14H12BrNO3. The zero-order valence-electron chi connectivity index (χ0n) is 10.3. The molecule has 2 rings (SSSR count). The number of nitrogens with zero attached hydrogens (tertiary/aromatic N) is 1. The molecule has 0 amide bonds. The van der Waals surface area contributed by atoms with Crippen molar-refractivity contribution in [1.82, 2.24) is 0 Å². The molecule has 0 radical (unpaired) electrons. The summed E-state index contributed by atoms with van der Waals surface area (Å²) >= 11 is 3.37. The van der Waals surface area contributed by atoms with E-state index in [-0.39, 0.29) is 10.6 Å². The maximum absolute atomic E-state index is 10.7. The minimum Gasteiger partial charge on any atom is -0.456 e. The van der Waals surface area contributed by atoms with Crippen LogP contribution in [0.1, 0.15) is 19.1 Å². The molecule has 0 aliphatic rings.